The predicted octanol–water partition coefficient (Wildman–Crippen LogP) is 4.00. The first-order valence-corrected chi connectivity index (χ1v) is 9.47. The monoisotopic (exact) mass is 406 g/mol. The lowest BCUT2D eigenvalue weighted by atomic mass is 9.77. The minimum absolute atomic E-state index is 0.0263. The van der Waals surface area contributed by atoms with E-state index in [2.05, 4.69) is 10.3 Å². The molecule has 0 aliphatic carbocycles. The molecular formula is C21H21F3N2O3. The van der Waals surface area contributed by atoms with Gasteiger partial charge in [-0.2, -0.15) is 13.2 Å². The molecule has 8 heteroatoms. The average Bonchev–Trinajstić information content (AvgIpc) is 3.03. The van der Waals surface area contributed by atoms with Crippen LogP contribution in [0.5, 0.6) is 5.75 Å². The van der Waals surface area contributed by atoms with Gasteiger partial charge < -0.3 is 14.8 Å². The van der Waals surface area contributed by atoms with Crippen molar-refractivity contribution < 1.29 is 27.4 Å². The van der Waals surface area contributed by atoms with E-state index < -0.39 is 29.4 Å². The average molecular weight is 406 g/mol. The number of piperidine rings is 1. The number of hydrogen-bond acceptors (Lipinski definition) is 5. The van der Waals surface area contributed by atoms with Crippen molar-refractivity contribution in [3.8, 4) is 5.75 Å². The third-order valence-corrected chi connectivity index (χ3v) is 5.65. The molecule has 0 unspecified atom stereocenters. The second-order valence-corrected chi connectivity index (χ2v) is 7.43. The predicted molar refractivity (Wildman–Crippen MR) is 98.4 cm³/mol. The van der Waals surface area contributed by atoms with Gasteiger partial charge in [-0.15, -0.1) is 0 Å². The number of methoxy groups -OCH3 is 1. The zero-order valence-electron chi connectivity index (χ0n) is 15.8. The molecule has 2 aliphatic rings. The fourth-order valence-electron chi connectivity index (χ4n) is 4.35. The smallest absolute Gasteiger partial charge is 0.433 e. The van der Waals surface area contributed by atoms with Gasteiger partial charge in [-0.1, -0.05) is 30.3 Å². The first kappa shape index (κ1) is 19.7. The van der Waals surface area contributed by atoms with Crippen molar-refractivity contribution in [1.29, 1.82) is 0 Å². The molecule has 0 radical (unpaired) electrons. The molecular weight excluding hydrogens is 385 g/mol. The van der Waals surface area contributed by atoms with Gasteiger partial charge in [0.15, 0.2) is 0 Å². The van der Waals surface area contributed by atoms with Crippen LogP contribution in [0.1, 0.15) is 48.2 Å². The van der Waals surface area contributed by atoms with Gasteiger partial charge in [0.1, 0.15) is 23.0 Å². The molecule has 2 aliphatic heterocycles. The second kappa shape index (κ2) is 7.33. The van der Waals surface area contributed by atoms with Crippen LogP contribution in [0.3, 0.4) is 0 Å². The van der Waals surface area contributed by atoms with Crippen LogP contribution < -0.4 is 10.1 Å². The normalized spacial score (nSPS) is 27.1. The molecule has 2 aromatic rings. The number of pyridine rings is 1. The topological polar surface area (TPSA) is 60.4 Å². The molecule has 1 aromatic carbocycles. The summed E-state index contributed by atoms with van der Waals surface area (Å²) in [7, 11) is 1.35. The fraction of sp³-hybridized carbons (Fsp3) is 0.429. The van der Waals surface area contributed by atoms with Gasteiger partial charge in [0.2, 0.25) is 0 Å². The zero-order valence-corrected chi connectivity index (χ0v) is 15.8. The number of carbonyl (C=O) groups is 1. The summed E-state index contributed by atoms with van der Waals surface area (Å²) in [6, 6.07) is 11.5. The lowest BCUT2D eigenvalue weighted by Crippen LogP contribution is -2.48. The van der Waals surface area contributed by atoms with E-state index in [1.165, 1.54) is 13.2 Å². The van der Waals surface area contributed by atoms with Crippen LogP contribution >= 0.6 is 0 Å². The highest BCUT2D eigenvalue weighted by atomic mass is 19.4. The molecule has 1 N–H and O–H groups in total. The van der Waals surface area contributed by atoms with Crippen LogP contribution in [0.15, 0.2) is 42.5 Å². The summed E-state index contributed by atoms with van der Waals surface area (Å²) in [5, 5.41) is 3.42. The van der Waals surface area contributed by atoms with E-state index in [0.29, 0.717) is 6.42 Å². The van der Waals surface area contributed by atoms with Crippen molar-refractivity contribution >= 4 is 5.97 Å². The molecule has 1 spiro atoms. The summed E-state index contributed by atoms with van der Waals surface area (Å²) in [6.45, 7) is 0.772. The van der Waals surface area contributed by atoms with Crippen molar-refractivity contribution in [3.63, 3.8) is 0 Å². The molecule has 2 saturated heterocycles. The Morgan fingerprint density at radius 1 is 1.21 bits per heavy atom. The number of halogens is 3. The van der Waals surface area contributed by atoms with E-state index in [-0.39, 0.29) is 23.9 Å². The Balaban J connectivity index is 1.72. The van der Waals surface area contributed by atoms with Crippen LogP contribution in [0.4, 0.5) is 13.2 Å². The lowest BCUT2D eigenvalue weighted by molar-refractivity contribution is -0.154. The number of nitrogens with zero attached hydrogens (tertiary/aromatic N) is 1. The van der Waals surface area contributed by atoms with Gasteiger partial charge in [-0.3, -0.25) is 4.79 Å². The van der Waals surface area contributed by atoms with E-state index in [1.807, 2.05) is 30.3 Å². The molecule has 154 valence electrons. The number of ether oxygens (including phenoxy) is 2. The number of carbonyl (C=O) groups excluding carboxylic acids is 1. The number of hydrogen-bond donors (Lipinski definition) is 1. The molecule has 0 amide bonds. The summed E-state index contributed by atoms with van der Waals surface area (Å²) < 4.78 is 50.6. The van der Waals surface area contributed by atoms with Gasteiger partial charge in [0.25, 0.3) is 0 Å². The first-order chi connectivity index (χ1) is 13.8. The van der Waals surface area contributed by atoms with Gasteiger partial charge in [0.05, 0.1) is 18.8 Å². The third-order valence-electron chi connectivity index (χ3n) is 5.65. The molecule has 29 heavy (non-hydrogen) atoms. The molecule has 0 bridgehead atoms. The van der Waals surface area contributed by atoms with Crippen molar-refractivity contribution in [2.24, 2.45) is 0 Å². The van der Waals surface area contributed by atoms with Crippen LogP contribution in [0, 0.1) is 0 Å². The highest BCUT2D eigenvalue weighted by Crippen LogP contribution is 2.50. The van der Waals surface area contributed by atoms with E-state index in [1.54, 1.807) is 0 Å². The fourth-order valence-corrected chi connectivity index (χ4v) is 4.35. The first-order valence-electron chi connectivity index (χ1n) is 9.47. The summed E-state index contributed by atoms with van der Waals surface area (Å²) in [4.78, 5) is 16.6. The molecule has 4 rings (SSSR count). The minimum Gasteiger partial charge on any atom is -0.495 e. The van der Waals surface area contributed by atoms with Crippen LogP contribution in [-0.4, -0.2) is 30.2 Å². The van der Waals surface area contributed by atoms with Crippen molar-refractivity contribution in [3.05, 3.63) is 59.4 Å². The highest BCUT2D eigenvalue weighted by molar-refractivity contribution is 5.81. The maximum Gasteiger partial charge on any atom is 0.433 e. The largest absolute Gasteiger partial charge is 0.495 e. The molecule has 3 heterocycles. The third kappa shape index (κ3) is 3.57. The molecule has 0 saturated carbocycles. The Bertz CT molecular complexity index is 904. The number of nitrogens with one attached hydrogen (secondary N) is 1. The Hall–Kier alpha value is -2.61. The summed E-state index contributed by atoms with van der Waals surface area (Å²) in [5.41, 5.74) is -0.933. The van der Waals surface area contributed by atoms with Crippen molar-refractivity contribution in [1.82, 2.24) is 10.3 Å². The van der Waals surface area contributed by atoms with Gasteiger partial charge in [-0.25, -0.2) is 4.98 Å². The Morgan fingerprint density at radius 2 is 1.97 bits per heavy atom. The summed E-state index contributed by atoms with van der Waals surface area (Å²) in [5.74, 6) is -1.34. The molecule has 3 atom stereocenters. The van der Waals surface area contributed by atoms with Crippen LogP contribution in [0.2, 0.25) is 0 Å². The van der Waals surface area contributed by atoms with Gasteiger partial charge >= 0.3 is 12.1 Å². The standard InChI is InChI=1S/C21H21F3N2O3/c1-28-15-8-9-16(21(22,23)24)26-17(15)14-12-20(29-19(14)27)10-5-11-25-18(20)13-6-3-2-4-7-13/h2-4,6-9,14,18,25H,5,10-12H2,1H3/t14-,18-,20+/m0/s1. The zero-order chi connectivity index (χ0) is 20.6. The van der Waals surface area contributed by atoms with Gasteiger partial charge in [-0.05, 0) is 37.1 Å². The van der Waals surface area contributed by atoms with Crippen LogP contribution in [-0.2, 0) is 15.7 Å². The minimum atomic E-state index is -4.61. The molecule has 5 nitrogen and oxygen atoms in total. The van der Waals surface area contributed by atoms with E-state index >= 15 is 0 Å². The lowest BCUT2D eigenvalue weighted by Gasteiger charge is -2.40. The quantitative estimate of drug-likeness (QED) is 0.781. The molecule has 2 fully saturated rings. The summed E-state index contributed by atoms with van der Waals surface area (Å²) >= 11 is 0. The SMILES string of the molecule is COc1ccc(C(F)(F)F)nc1[C@@H]1C[C@@]2(CCCN[C@H]2c2ccccc2)OC1=O. The van der Waals surface area contributed by atoms with Crippen molar-refractivity contribution in [2.45, 2.75) is 43.0 Å². The summed E-state index contributed by atoms with van der Waals surface area (Å²) in [6.07, 6.45) is -2.94. The second-order valence-electron chi connectivity index (χ2n) is 7.43. The van der Waals surface area contributed by atoms with E-state index in [0.717, 1.165) is 24.6 Å². The van der Waals surface area contributed by atoms with Crippen LogP contribution in [0.25, 0.3) is 0 Å². The number of alkyl halides is 3. The van der Waals surface area contributed by atoms with E-state index in [4.69, 9.17) is 9.47 Å². The maximum atomic E-state index is 13.2. The Labute approximate surface area is 166 Å². The number of esters is 1. The molecule has 1 aromatic heterocycles. The number of aromatic nitrogens is 1. The number of benzene rings is 1. The maximum absolute atomic E-state index is 13.2. The highest BCUT2D eigenvalue weighted by Gasteiger charge is 2.54. The van der Waals surface area contributed by atoms with Gasteiger partial charge in [0, 0.05) is 6.42 Å². The Kier molecular flexibility index (Phi) is 4.98. The van der Waals surface area contributed by atoms with Crippen molar-refractivity contribution in [2.75, 3.05) is 13.7 Å². The van der Waals surface area contributed by atoms with E-state index in [9.17, 15) is 18.0 Å². The Morgan fingerprint density at radius 3 is 2.66 bits per heavy atom. The number of rotatable bonds is 3.